The van der Waals surface area contributed by atoms with Crippen molar-refractivity contribution in [1.82, 2.24) is 4.98 Å². The summed E-state index contributed by atoms with van der Waals surface area (Å²) in [5.74, 6) is -0.703. The molecule has 1 aromatic heterocycles. The summed E-state index contributed by atoms with van der Waals surface area (Å²) in [5.41, 5.74) is 1.10. The Bertz CT molecular complexity index is 795. The first kappa shape index (κ1) is 21.1. The summed E-state index contributed by atoms with van der Waals surface area (Å²) in [6.07, 6.45) is -0.0000917. The average Bonchev–Trinajstić information content (AvgIpc) is 3.33. The van der Waals surface area contributed by atoms with E-state index in [-0.39, 0.29) is 24.4 Å². The molecule has 0 bridgehead atoms. The van der Waals surface area contributed by atoms with Crippen LogP contribution in [0.1, 0.15) is 30.5 Å². The van der Waals surface area contributed by atoms with Gasteiger partial charge in [0.2, 0.25) is 0 Å². The maximum Gasteiger partial charge on any atom is 0.190 e. The molecule has 1 aromatic carbocycles. The number of ether oxygens (including phenoxy) is 4. The maximum atomic E-state index is 6.54. The standard InChI is InChI=1S/C21H29NO5SSi/c1-21(2)25-18-15(23-13-14-9-7-6-8-10-14)16(24-20(18)26-21)17(27-29(3,4)5)19-22-11-12-28-19/h6-12,15-18,20H,13H2,1-5H3/t15-,16-,17-,18+,20+/m0/s1. The van der Waals surface area contributed by atoms with Gasteiger partial charge in [-0.1, -0.05) is 30.3 Å². The van der Waals surface area contributed by atoms with Crippen LogP contribution in [-0.4, -0.2) is 43.7 Å². The van der Waals surface area contributed by atoms with E-state index in [0.717, 1.165) is 10.6 Å². The van der Waals surface area contributed by atoms with Crippen LogP contribution in [0, 0.1) is 0 Å². The third kappa shape index (κ3) is 4.96. The van der Waals surface area contributed by atoms with Crippen LogP contribution in [0.25, 0.3) is 0 Å². The van der Waals surface area contributed by atoms with Gasteiger partial charge >= 0.3 is 0 Å². The molecular weight excluding hydrogens is 406 g/mol. The van der Waals surface area contributed by atoms with Crippen molar-refractivity contribution in [2.45, 2.75) is 76.6 Å². The van der Waals surface area contributed by atoms with Crippen molar-refractivity contribution < 1.29 is 23.4 Å². The highest BCUT2D eigenvalue weighted by Crippen LogP contribution is 2.44. The van der Waals surface area contributed by atoms with Crippen LogP contribution in [0.4, 0.5) is 0 Å². The summed E-state index contributed by atoms with van der Waals surface area (Å²) in [5, 5.41) is 2.85. The van der Waals surface area contributed by atoms with E-state index in [4.69, 9.17) is 23.4 Å². The number of thiazole rings is 1. The Hall–Kier alpha value is -1.13. The van der Waals surface area contributed by atoms with Gasteiger partial charge in [-0.05, 0) is 39.1 Å². The van der Waals surface area contributed by atoms with Gasteiger partial charge in [-0.3, -0.25) is 0 Å². The van der Waals surface area contributed by atoms with Crippen LogP contribution in [-0.2, 0) is 30.0 Å². The molecule has 2 aliphatic rings. The number of fused-ring (bicyclic) bond motifs is 1. The molecule has 4 rings (SSSR count). The summed E-state index contributed by atoms with van der Waals surface area (Å²) in [7, 11) is -1.88. The summed E-state index contributed by atoms with van der Waals surface area (Å²) in [4.78, 5) is 4.52. The van der Waals surface area contributed by atoms with E-state index >= 15 is 0 Å². The summed E-state index contributed by atoms with van der Waals surface area (Å²) < 4.78 is 31.4. The van der Waals surface area contributed by atoms with Crippen molar-refractivity contribution in [2.24, 2.45) is 0 Å². The molecule has 2 aromatic rings. The Kier molecular flexibility index (Phi) is 5.96. The highest BCUT2D eigenvalue weighted by molar-refractivity contribution is 7.09. The highest BCUT2D eigenvalue weighted by atomic mass is 32.1. The minimum atomic E-state index is -1.88. The van der Waals surface area contributed by atoms with Crippen LogP contribution in [0.5, 0.6) is 0 Å². The first-order valence-corrected chi connectivity index (χ1v) is 14.2. The SMILES string of the molecule is CC1(C)O[C@H]2O[C@H]([C@H](O[Si](C)(C)C)c3nccs3)[C@H](OCc3ccccc3)[C@H]2O1. The lowest BCUT2D eigenvalue weighted by Crippen LogP contribution is -2.43. The van der Waals surface area contributed by atoms with Crippen molar-refractivity contribution >= 4 is 19.7 Å². The van der Waals surface area contributed by atoms with Crippen molar-refractivity contribution in [2.75, 3.05) is 0 Å². The van der Waals surface area contributed by atoms with Gasteiger partial charge in [0.05, 0.1) is 6.61 Å². The van der Waals surface area contributed by atoms with E-state index in [1.54, 1.807) is 17.5 Å². The summed E-state index contributed by atoms with van der Waals surface area (Å²) in [6, 6.07) is 10.1. The normalized spacial score (nSPS) is 29.7. The predicted molar refractivity (Wildman–Crippen MR) is 113 cm³/mol. The Labute approximate surface area is 177 Å². The van der Waals surface area contributed by atoms with Gasteiger partial charge in [0, 0.05) is 11.6 Å². The van der Waals surface area contributed by atoms with Crippen LogP contribution in [0.15, 0.2) is 41.9 Å². The van der Waals surface area contributed by atoms with Crippen LogP contribution >= 0.6 is 11.3 Å². The van der Waals surface area contributed by atoms with E-state index in [1.165, 1.54) is 0 Å². The highest BCUT2D eigenvalue weighted by Gasteiger charge is 2.58. The Morgan fingerprint density at radius 1 is 1.17 bits per heavy atom. The van der Waals surface area contributed by atoms with E-state index in [0.29, 0.717) is 6.61 Å². The third-order valence-electron chi connectivity index (χ3n) is 4.79. The van der Waals surface area contributed by atoms with Gasteiger partial charge in [-0.25, -0.2) is 4.98 Å². The van der Waals surface area contributed by atoms with Crippen molar-refractivity contribution in [1.29, 1.82) is 0 Å². The number of hydrogen-bond donors (Lipinski definition) is 0. The summed E-state index contributed by atoms with van der Waals surface area (Å²) >= 11 is 1.57. The Morgan fingerprint density at radius 2 is 1.93 bits per heavy atom. The second-order valence-electron chi connectivity index (χ2n) is 8.85. The van der Waals surface area contributed by atoms with Crippen molar-refractivity contribution in [3.63, 3.8) is 0 Å². The molecular formula is C21H29NO5SSi. The molecule has 6 nitrogen and oxygen atoms in total. The first-order chi connectivity index (χ1) is 13.7. The van der Waals surface area contributed by atoms with E-state index < -0.39 is 20.4 Å². The van der Waals surface area contributed by atoms with Crippen LogP contribution < -0.4 is 0 Å². The molecule has 8 heteroatoms. The minimum absolute atomic E-state index is 0.314. The maximum absolute atomic E-state index is 6.54. The fourth-order valence-electron chi connectivity index (χ4n) is 3.72. The summed E-state index contributed by atoms with van der Waals surface area (Å²) in [6.45, 7) is 10.8. The largest absolute Gasteiger partial charge is 0.405 e. The van der Waals surface area contributed by atoms with E-state index in [1.807, 2.05) is 37.4 Å². The fourth-order valence-corrected chi connectivity index (χ4v) is 5.51. The number of nitrogens with zero attached hydrogens (tertiary/aromatic N) is 1. The minimum Gasteiger partial charge on any atom is -0.405 e. The first-order valence-electron chi connectivity index (χ1n) is 9.96. The molecule has 0 aliphatic carbocycles. The lowest BCUT2D eigenvalue weighted by Gasteiger charge is -2.33. The van der Waals surface area contributed by atoms with Gasteiger partial charge in [0.25, 0.3) is 0 Å². The molecule has 0 radical (unpaired) electrons. The Balaban J connectivity index is 1.60. The monoisotopic (exact) mass is 435 g/mol. The second-order valence-corrected chi connectivity index (χ2v) is 14.2. The number of benzene rings is 1. The molecule has 0 unspecified atom stereocenters. The zero-order chi connectivity index (χ0) is 20.6. The molecule has 2 aliphatic heterocycles. The zero-order valence-electron chi connectivity index (χ0n) is 17.5. The van der Waals surface area contributed by atoms with Crippen LogP contribution in [0.2, 0.25) is 19.6 Å². The smallest absolute Gasteiger partial charge is 0.190 e. The molecule has 2 fully saturated rings. The average molecular weight is 436 g/mol. The lowest BCUT2D eigenvalue weighted by atomic mass is 10.1. The predicted octanol–water partition coefficient (Wildman–Crippen LogP) is 4.50. The van der Waals surface area contributed by atoms with Gasteiger partial charge in [-0.15, -0.1) is 11.3 Å². The van der Waals surface area contributed by atoms with Gasteiger partial charge in [-0.2, -0.15) is 0 Å². The number of hydrogen-bond acceptors (Lipinski definition) is 7. The van der Waals surface area contributed by atoms with Crippen LogP contribution in [0.3, 0.4) is 0 Å². The van der Waals surface area contributed by atoms with Gasteiger partial charge in [0.15, 0.2) is 20.4 Å². The zero-order valence-corrected chi connectivity index (χ0v) is 19.3. The molecule has 5 atom stereocenters. The fraction of sp³-hybridized carbons (Fsp3) is 0.571. The molecule has 0 N–H and O–H groups in total. The molecule has 3 heterocycles. The number of aromatic nitrogens is 1. The van der Waals surface area contributed by atoms with Crippen molar-refractivity contribution in [3.8, 4) is 0 Å². The van der Waals surface area contributed by atoms with E-state index in [2.05, 4.69) is 36.8 Å². The molecule has 29 heavy (non-hydrogen) atoms. The quantitative estimate of drug-likeness (QED) is 0.597. The van der Waals surface area contributed by atoms with Gasteiger partial charge < -0.3 is 23.4 Å². The molecule has 0 spiro atoms. The molecule has 0 saturated carbocycles. The van der Waals surface area contributed by atoms with Crippen molar-refractivity contribution in [3.05, 3.63) is 52.5 Å². The molecule has 2 saturated heterocycles. The lowest BCUT2D eigenvalue weighted by molar-refractivity contribution is -0.229. The number of rotatable bonds is 7. The molecule has 158 valence electrons. The molecule has 0 amide bonds. The van der Waals surface area contributed by atoms with E-state index in [9.17, 15) is 0 Å². The topological polar surface area (TPSA) is 59.0 Å². The second kappa shape index (κ2) is 8.18. The Morgan fingerprint density at radius 3 is 2.59 bits per heavy atom. The van der Waals surface area contributed by atoms with Gasteiger partial charge in [0.1, 0.15) is 29.4 Å². The third-order valence-corrected chi connectivity index (χ3v) is 6.58.